The summed E-state index contributed by atoms with van der Waals surface area (Å²) in [5, 5.41) is 19.2. The van der Waals surface area contributed by atoms with Crippen LogP contribution in [0.15, 0.2) is 97.1 Å². The van der Waals surface area contributed by atoms with Gasteiger partial charge in [-0.05, 0) is 72.4 Å². The molecule has 47 heavy (non-hydrogen) atoms. The van der Waals surface area contributed by atoms with Gasteiger partial charge in [0.25, 0.3) is 0 Å². The number of ether oxygens (including phenoxy) is 1. The molecular formula is C39H39N5O3. The van der Waals surface area contributed by atoms with E-state index in [-0.39, 0.29) is 6.04 Å². The predicted molar refractivity (Wildman–Crippen MR) is 184 cm³/mol. The molecule has 1 aliphatic rings. The van der Waals surface area contributed by atoms with Gasteiger partial charge in [-0.15, -0.1) is 0 Å². The molecule has 0 fully saturated rings. The lowest BCUT2D eigenvalue weighted by Gasteiger charge is -2.35. The van der Waals surface area contributed by atoms with Gasteiger partial charge in [-0.2, -0.15) is 5.10 Å². The lowest BCUT2D eigenvalue weighted by molar-refractivity contribution is -0.144. The van der Waals surface area contributed by atoms with Crippen molar-refractivity contribution in [2.45, 2.75) is 65.4 Å². The van der Waals surface area contributed by atoms with Crippen molar-refractivity contribution in [3.8, 4) is 28.4 Å². The Bertz CT molecular complexity index is 2030. The minimum atomic E-state index is -0.807. The first-order chi connectivity index (χ1) is 22.9. The molecule has 2 N–H and O–H groups in total. The van der Waals surface area contributed by atoms with Crippen LogP contribution < -0.4 is 4.74 Å². The van der Waals surface area contributed by atoms with Gasteiger partial charge in [-0.1, -0.05) is 79.7 Å². The highest BCUT2D eigenvalue weighted by Gasteiger charge is 2.37. The maximum absolute atomic E-state index is 12.4. The highest BCUT2D eigenvalue weighted by molar-refractivity contribution is 5.94. The molecule has 6 aromatic rings. The number of hydrogen-bond acceptors (Lipinski definition) is 5. The Balaban J connectivity index is 1.24. The van der Waals surface area contributed by atoms with Crippen molar-refractivity contribution >= 4 is 16.9 Å². The third kappa shape index (κ3) is 6.04. The van der Waals surface area contributed by atoms with E-state index in [0.29, 0.717) is 26.1 Å². The van der Waals surface area contributed by atoms with Gasteiger partial charge >= 0.3 is 5.97 Å². The molecule has 1 aliphatic heterocycles. The molecule has 0 saturated heterocycles. The number of benzene rings is 4. The monoisotopic (exact) mass is 625 g/mol. The number of rotatable bonds is 10. The maximum Gasteiger partial charge on any atom is 0.321 e. The van der Waals surface area contributed by atoms with Gasteiger partial charge in [0.05, 0.1) is 11.2 Å². The number of carboxylic acid groups (broad SMARTS) is 1. The van der Waals surface area contributed by atoms with Crippen LogP contribution in [0.3, 0.4) is 0 Å². The highest BCUT2D eigenvalue weighted by atomic mass is 16.5. The zero-order valence-electron chi connectivity index (χ0n) is 27.0. The fraction of sp³-hybridized carbons (Fsp3) is 0.256. The van der Waals surface area contributed by atoms with E-state index < -0.39 is 12.0 Å². The number of aliphatic carboxylic acids is 1. The second-order valence-corrected chi connectivity index (χ2v) is 12.5. The number of fused-ring (bicyclic) bond motifs is 2. The van der Waals surface area contributed by atoms with E-state index in [0.717, 1.165) is 68.2 Å². The third-order valence-electron chi connectivity index (χ3n) is 9.20. The number of aromatic nitrogens is 4. The standard InChI is InChI=1S/C39H39N5O3/c1-4-28-19-30(47-24-27-13-9-6-10-14-27)16-18-31(28)29-15-17-32-33(20-29)41-42-37(32)38-40-34-23-43(25(2)3)36(39(45)46)21-35(34)44(38)22-26-11-7-5-8-12-26/h5-20,25,36H,4,21-24H2,1-3H3,(H,41,42)(H,45,46)/t36-/m0/s1. The molecule has 0 aliphatic carbocycles. The number of imidazole rings is 1. The fourth-order valence-corrected chi connectivity index (χ4v) is 6.70. The fourth-order valence-electron chi connectivity index (χ4n) is 6.70. The van der Waals surface area contributed by atoms with Crippen molar-refractivity contribution in [1.82, 2.24) is 24.6 Å². The predicted octanol–water partition coefficient (Wildman–Crippen LogP) is 7.50. The second-order valence-electron chi connectivity index (χ2n) is 12.5. The van der Waals surface area contributed by atoms with Crippen LogP contribution >= 0.6 is 0 Å². The SMILES string of the molecule is CCc1cc(OCc2ccccc2)ccc1-c1ccc2c(-c3nc4c(n3Cc3ccccc3)C[C@@H](C(=O)O)N(C(C)C)C4)n[nH]c2c1. The Hall–Kier alpha value is -5.21. The molecule has 3 heterocycles. The molecule has 4 aromatic carbocycles. The van der Waals surface area contributed by atoms with E-state index >= 15 is 0 Å². The molecule has 0 bridgehead atoms. The van der Waals surface area contributed by atoms with Crippen LogP contribution in [0.1, 0.15) is 48.8 Å². The highest BCUT2D eigenvalue weighted by Crippen LogP contribution is 2.36. The van der Waals surface area contributed by atoms with Gasteiger partial charge in [0.2, 0.25) is 0 Å². The van der Waals surface area contributed by atoms with E-state index in [9.17, 15) is 9.90 Å². The lowest BCUT2D eigenvalue weighted by atomic mass is 9.96. The first kappa shape index (κ1) is 30.4. The topological polar surface area (TPSA) is 96.3 Å². The Labute approximate surface area is 274 Å². The van der Waals surface area contributed by atoms with Crippen molar-refractivity contribution in [2.24, 2.45) is 0 Å². The maximum atomic E-state index is 12.4. The van der Waals surface area contributed by atoms with Gasteiger partial charge in [-0.3, -0.25) is 14.8 Å². The summed E-state index contributed by atoms with van der Waals surface area (Å²) in [5.74, 6) is 0.801. The average molecular weight is 626 g/mol. The number of aromatic amines is 1. The van der Waals surface area contributed by atoms with E-state index in [1.165, 1.54) is 5.56 Å². The number of aryl methyl sites for hydroxylation is 1. The minimum absolute atomic E-state index is 0.0779. The smallest absolute Gasteiger partial charge is 0.321 e. The summed E-state index contributed by atoms with van der Waals surface area (Å²) >= 11 is 0. The Morgan fingerprint density at radius 2 is 1.72 bits per heavy atom. The first-order valence-corrected chi connectivity index (χ1v) is 16.3. The molecule has 8 nitrogen and oxygen atoms in total. The van der Waals surface area contributed by atoms with Crippen molar-refractivity contribution in [2.75, 3.05) is 0 Å². The van der Waals surface area contributed by atoms with E-state index in [4.69, 9.17) is 14.8 Å². The molecule has 1 atom stereocenters. The summed E-state index contributed by atoms with van der Waals surface area (Å²) in [6, 6.07) is 32.6. The lowest BCUT2D eigenvalue weighted by Crippen LogP contribution is -2.49. The molecule has 0 unspecified atom stereocenters. The molecule has 7 rings (SSSR count). The van der Waals surface area contributed by atoms with E-state index in [2.05, 4.69) is 71.2 Å². The van der Waals surface area contributed by atoms with Crippen LogP contribution in [0, 0.1) is 0 Å². The number of carboxylic acids is 1. The van der Waals surface area contributed by atoms with Crippen LogP contribution in [0.25, 0.3) is 33.5 Å². The summed E-state index contributed by atoms with van der Waals surface area (Å²) in [6.45, 7) is 7.83. The number of H-pyrrole nitrogens is 1. The Morgan fingerprint density at radius 3 is 2.43 bits per heavy atom. The molecular weight excluding hydrogens is 586 g/mol. The summed E-state index contributed by atoms with van der Waals surface area (Å²) in [6.07, 6.45) is 1.26. The van der Waals surface area contributed by atoms with E-state index in [1.54, 1.807) is 0 Å². The van der Waals surface area contributed by atoms with Gasteiger partial charge in [-0.25, -0.2) is 4.98 Å². The van der Waals surface area contributed by atoms with Gasteiger partial charge < -0.3 is 14.4 Å². The first-order valence-electron chi connectivity index (χ1n) is 16.3. The third-order valence-corrected chi connectivity index (χ3v) is 9.20. The number of nitrogens with one attached hydrogen (secondary N) is 1. The van der Waals surface area contributed by atoms with Crippen LogP contribution in [-0.4, -0.2) is 47.8 Å². The number of hydrogen-bond donors (Lipinski definition) is 2. The van der Waals surface area contributed by atoms with Gasteiger partial charge in [0.1, 0.15) is 24.1 Å². The zero-order valence-corrected chi connectivity index (χ0v) is 27.0. The molecule has 8 heteroatoms. The van der Waals surface area contributed by atoms with Crippen LogP contribution in [0.2, 0.25) is 0 Å². The minimum Gasteiger partial charge on any atom is -0.489 e. The Morgan fingerprint density at radius 1 is 0.979 bits per heavy atom. The van der Waals surface area contributed by atoms with Crippen LogP contribution in [0.4, 0.5) is 0 Å². The summed E-state index contributed by atoms with van der Waals surface area (Å²) < 4.78 is 8.29. The summed E-state index contributed by atoms with van der Waals surface area (Å²) in [7, 11) is 0. The summed E-state index contributed by atoms with van der Waals surface area (Å²) in [5.41, 5.74) is 9.29. The van der Waals surface area contributed by atoms with Crippen molar-refractivity contribution in [3.05, 3.63) is 125 Å². The second kappa shape index (κ2) is 12.9. The molecule has 0 radical (unpaired) electrons. The summed E-state index contributed by atoms with van der Waals surface area (Å²) in [4.78, 5) is 19.5. The van der Waals surface area contributed by atoms with Crippen molar-refractivity contribution in [3.63, 3.8) is 0 Å². The largest absolute Gasteiger partial charge is 0.489 e. The zero-order chi connectivity index (χ0) is 32.5. The Kier molecular flexibility index (Phi) is 8.35. The van der Waals surface area contributed by atoms with Gasteiger partial charge in [0, 0.05) is 36.6 Å². The van der Waals surface area contributed by atoms with Crippen LogP contribution in [-0.2, 0) is 37.3 Å². The van der Waals surface area contributed by atoms with Gasteiger partial charge in [0.15, 0.2) is 5.82 Å². The van der Waals surface area contributed by atoms with Crippen LogP contribution in [0.5, 0.6) is 5.75 Å². The molecule has 2 aromatic heterocycles. The molecule has 238 valence electrons. The van der Waals surface area contributed by atoms with E-state index in [1.807, 2.05) is 61.2 Å². The number of nitrogens with zero attached hydrogens (tertiary/aromatic N) is 4. The average Bonchev–Trinajstić information content (AvgIpc) is 3.67. The quantitative estimate of drug-likeness (QED) is 0.164. The molecule has 0 spiro atoms. The molecule has 0 amide bonds. The van der Waals surface area contributed by atoms with Crippen molar-refractivity contribution in [1.29, 1.82) is 0 Å². The van der Waals surface area contributed by atoms with Crippen molar-refractivity contribution < 1.29 is 14.6 Å². The number of carbonyl (C=O) groups is 1. The normalized spacial score (nSPS) is 14.9. The molecule has 0 saturated carbocycles.